The summed E-state index contributed by atoms with van der Waals surface area (Å²) < 4.78 is 5.36. The lowest BCUT2D eigenvalue weighted by Gasteiger charge is -2.19. The summed E-state index contributed by atoms with van der Waals surface area (Å²) >= 11 is 0. The fraction of sp³-hybridized carbons (Fsp3) is 0.353. The van der Waals surface area contributed by atoms with Crippen LogP contribution in [-0.4, -0.2) is 23.8 Å². The summed E-state index contributed by atoms with van der Waals surface area (Å²) in [4.78, 5) is 14.3. The van der Waals surface area contributed by atoms with E-state index in [2.05, 4.69) is 24.0 Å². The summed E-state index contributed by atoms with van der Waals surface area (Å²) in [6, 6.07) is 13.9. The number of nitrogens with zero attached hydrogens (tertiary/aromatic N) is 1. The molecule has 0 amide bonds. The Morgan fingerprint density at radius 1 is 1.15 bits per heavy atom. The highest BCUT2D eigenvalue weighted by atomic mass is 16.3. The normalized spacial score (nSPS) is 10.9. The Labute approximate surface area is 120 Å². The van der Waals surface area contributed by atoms with Gasteiger partial charge in [-0.2, -0.15) is 0 Å². The van der Waals surface area contributed by atoms with Crippen LogP contribution in [0.15, 0.2) is 46.9 Å². The Morgan fingerprint density at radius 3 is 2.50 bits per heavy atom. The van der Waals surface area contributed by atoms with Gasteiger partial charge in [-0.3, -0.25) is 9.69 Å². The second kappa shape index (κ2) is 7.06. The number of aryl methyl sites for hydroxylation is 1. The largest absolute Gasteiger partial charge is 0.458 e. The number of Topliss-reactive ketones (excluding diaryl/α,β-unsaturated/α-hetero) is 1. The predicted octanol–water partition coefficient (Wildman–Crippen LogP) is 3.68. The average Bonchev–Trinajstić information content (AvgIpc) is 2.91. The molecule has 0 N–H and O–H groups in total. The van der Waals surface area contributed by atoms with Crippen molar-refractivity contribution in [2.45, 2.75) is 26.8 Å². The van der Waals surface area contributed by atoms with Gasteiger partial charge in [-0.25, -0.2) is 0 Å². The number of rotatable bonds is 7. The number of hydrogen-bond donors (Lipinski definition) is 0. The third-order valence-electron chi connectivity index (χ3n) is 3.37. The lowest BCUT2D eigenvalue weighted by atomic mass is 10.2. The monoisotopic (exact) mass is 271 g/mol. The summed E-state index contributed by atoms with van der Waals surface area (Å²) in [5, 5.41) is 0. The number of benzene rings is 1. The summed E-state index contributed by atoms with van der Waals surface area (Å²) in [7, 11) is 0. The van der Waals surface area contributed by atoms with Gasteiger partial charge >= 0.3 is 0 Å². The minimum Gasteiger partial charge on any atom is -0.458 e. The van der Waals surface area contributed by atoms with Crippen LogP contribution in [0.1, 0.15) is 35.2 Å². The second-order valence-corrected chi connectivity index (χ2v) is 4.94. The Hall–Kier alpha value is -1.87. The van der Waals surface area contributed by atoms with Crippen LogP contribution in [0.4, 0.5) is 0 Å². The molecule has 0 atom stereocenters. The molecular formula is C17H21NO2. The highest BCUT2D eigenvalue weighted by Gasteiger charge is 2.12. The van der Waals surface area contributed by atoms with E-state index >= 15 is 0 Å². The van der Waals surface area contributed by atoms with Gasteiger partial charge in [-0.1, -0.05) is 37.3 Å². The minimum atomic E-state index is 0.0737. The highest BCUT2D eigenvalue weighted by Crippen LogP contribution is 2.10. The second-order valence-electron chi connectivity index (χ2n) is 4.94. The van der Waals surface area contributed by atoms with Crippen molar-refractivity contribution < 1.29 is 9.21 Å². The van der Waals surface area contributed by atoms with Crippen molar-refractivity contribution in [3.63, 3.8) is 0 Å². The Bertz CT molecular complexity index is 545. The molecule has 0 radical (unpaired) electrons. The van der Waals surface area contributed by atoms with E-state index in [0.717, 1.165) is 25.4 Å². The molecule has 2 aromatic rings. The molecule has 0 saturated carbocycles. The standard InChI is InChI=1S/C17H21NO2/c1-3-18(13-15-7-5-4-6-8-15)12-11-16(19)17-10-9-14(2)20-17/h4-10H,3,11-13H2,1-2H3. The molecule has 0 bridgehead atoms. The number of ketones is 1. The van der Waals surface area contributed by atoms with Crippen molar-refractivity contribution in [3.8, 4) is 0 Å². The minimum absolute atomic E-state index is 0.0737. The third-order valence-corrected chi connectivity index (χ3v) is 3.37. The van der Waals surface area contributed by atoms with E-state index in [4.69, 9.17) is 4.42 Å². The van der Waals surface area contributed by atoms with Crippen molar-refractivity contribution in [1.82, 2.24) is 4.90 Å². The van der Waals surface area contributed by atoms with Crippen molar-refractivity contribution >= 4 is 5.78 Å². The van der Waals surface area contributed by atoms with E-state index in [9.17, 15) is 4.79 Å². The Morgan fingerprint density at radius 2 is 1.90 bits per heavy atom. The van der Waals surface area contributed by atoms with E-state index < -0.39 is 0 Å². The van der Waals surface area contributed by atoms with Crippen LogP contribution in [0.5, 0.6) is 0 Å². The molecule has 0 saturated heterocycles. The van der Waals surface area contributed by atoms with Gasteiger partial charge in [-0.15, -0.1) is 0 Å². The zero-order chi connectivity index (χ0) is 14.4. The number of carbonyl (C=O) groups excluding carboxylic acids is 1. The third kappa shape index (κ3) is 4.07. The van der Waals surface area contributed by atoms with Crippen LogP contribution in [-0.2, 0) is 6.54 Å². The van der Waals surface area contributed by atoms with Crippen molar-refractivity contribution in [1.29, 1.82) is 0 Å². The van der Waals surface area contributed by atoms with Gasteiger partial charge in [0.05, 0.1) is 0 Å². The van der Waals surface area contributed by atoms with Gasteiger partial charge < -0.3 is 4.42 Å². The highest BCUT2D eigenvalue weighted by molar-refractivity contribution is 5.93. The van der Waals surface area contributed by atoms with Crippen molar-refractivity contribution in [2.24, 2.45) is 0 Å². The molecule has 20 heavy (non-hydrogen) atoms. The molecule has 0 aliphatic carbocycles. The van der Waals surface area contributed by atoms with Gasteiger partial charge in [-0.05, 0) is 31.2 Å². The molecule has 1 heterocycles. The zero-order valence-corrected chi connectivity index (χ0v) is 12.1. The van der Waals surface area contributed by atoms with Crippen LogP contribution in [0, 0.1) is 6.92 Å². The number of furan rings is 1. The van der Waals surface area contributed by atoms with E-state index in [1.807, 2.05) is 31.2 Å². The lowest BCUT2D eigenvalue weighted by molar-refractivity contribution is 0.0935. The number of hydrogen-bond acceptors (Lipinski definition) is 3. The molecule has 0 fully saturated rings. The predicted molar refractivity (Wildman–Crippen MR) is 79.8 cm³/mol. The van der Waals surface area contributed by atoms with Crippen LogP contribution < -0.4 is 0 Å². The summed E-state index contributed by atoms with van der Waals surface area (Å²) in [5.74, 6) is 1.33. The molecule has 1 aromatic heterocycles. The summed E-state index contributed by atoms with van der Waals surface area (Å²) in [6.07, 6.45) is 0.494. The van der Waals surface area contributed by atoms with Crippen LogP contribution in [0.3, 0.4) is 0 Å². The quantitative estimate of drug-likeness (QED) is 0.720. The fourth-order valence-corrected chi connectivity index (χ4v) is 2.16. The smallest absolute Gasteiger partial charge is 0.199 e. The van der Waals surface area contributed by atoms with Crippen LogP contribution in [0.2, 0.25) is 0 Å². The van der Waals surface area contributed by atoms with Crippen molar-refractivity contribution in [3.05, 3.63) is 59.5 Å². The first kappa shape index (κ1) is 14.5. The Kier molecular flexibility index (Phi) is 5.13. The number of carbonyl (C=O) groups is 1. The maximum absolute atomic E-state index is 12.0. The zero-order valence-electron chi connectivity index (χ0n) is 12.1. The van der Waals surface area contributed by atoms with Gasteiger partial charge in [0.25, 0.3) is 0 Å². The maximum atomic E-state index is 12.0. The van der Waals surface area contributed by atoms with Crippen LogP contribution in [0.25, 0.3) is 0 Å². The van der Waals surface area contributed by atoms with Gasteiger partial charge in [0, 0.05) is 19.5 Å². The molecule has 3 nitrogen and oxygen atoms in total. The summed E-state index contributed by atoms with van der Waals surface area (Å²) in [5.41, 5.74) is 1.27. The molecule has 2 rings (SSSR count). The topological polar surface area (TPSA) is 33.5 Å². The summed E-state index contributed by atoms with van der Waals surface area (Å²) in [6.45, 7) is 6.53. The molecule has 0 spiro atoms. The lowest BCUT2D eigenvalue weighted by Crippen LogP contribution is -2.25. The van der Waals surface area contributed by atoms with E-state index in [1.165, 1.54) is 5.56 Å². The maximum Gasteiger partial charge on any atom is 0.199 e. The molecule has 0 aliphatic rings. The average molecular weight is 271 g/mol. The SMILES string of the molecule is CCN(CCC(=O)c1ccc(C)o1)Cc1ccccc1. The molecule has 3 heteroatoms. The molecular weight excluding hydrogens is 250 g/mol. The Balaban J connectivity index is 1.86. The molecule has 0 aliphatic heterocycles. The van der Waals surface area contributed by atoms with Gasteiger partial charge in [0.15, 0.2) is 11.5 Å². The molecule has 1 aromatic carbocycles. The molecule has 0 unspecified atom stereocenters. The first-order valence-electron chi connectivity index (χ1n) is 7.05. The van der Waals surface area contributed by atoms with Gasteiger partial charge in [0.1, 0.15) is 5.76 Å². The van der Waals surface area contributed by atoms with E-state index in [-0.39, 0.29) is 5.78 Å². The molecule has 106 valence electrons. The van der Waals surface area contributed by atoms with E-state index in [0.29, 0.717) is 12.2 Å². The van der Waals surface area contributed by atoms with E-state index in [1.54, 1.807) is 6.07 Å². The van der Waals surface area contributed by atoms with Gasteiger partial charge in [0.2, 0.25) is 0 Å². The first-order valence-corrected chi connectivity index (χ1v) is 7.05. The van der Waals surface area contributed by atoms with Crippen LogP contribution >= 0.6 is 0 Å². The fourth-order valence-electron chi connectivity index (χ4n) is 2.16. The first-order chi connectivity index (χ1) is 9.69. The van der Waals surface area contributed by atoms with Crippen molar-refractivity contribution in [2.75, 3.05) is 13.1 Å².